The van der Waals surface area contributed by atoms with Gasteiger partial charge in [-0.1, -0.05) is 62.8 Å². The number of piperidine rings is 2. The monoisotopic (exact) mass is 728 g/mol. The first kappa shape index (κ1) is 35.2. The maximum Gasteiger partial charge on any atom is 0.336 e. The Morgan fingerprint density at radius 1 is 0.593 bits per heavy atom. The molecular formula is C48H60N2O4. The number of carbonyl (C=O) groups excluding carboxylic acids is 2. The number of fused-ring (bicyclic) bond motifs is 2. The first-order valence-electron chi connectivity index (χ1n) is 22.0. The van der Waals surface area contributed by atoms with Crippen LogP contribution in [-0.4, -0.2) is 60.0 Å². The molecule has 4 bridgehead atoms. The molecule has 0 aromatic heterocycles. The fourth-order valence-electron chi connectivity index (χ4n) is 13.3. The van der Waals surface area contributed by atoms with Crippen molar-refractivity contribution in [1.29, 1.82) is 0 Å². The Kier molecular flexibility index (Phi) is 9.37. The molecule has 4 saturated carbocycles. The molecule has 0 N–H and O–H groups in total. The maximum atomic E-state index is 13.0. The van der Waals surface area contributed by atoms with Gasteiger partial charge in [-0.3, -0.25) is 9.80 Å². The van der Waals surface area contributed by atoms with Crippen molar-refractivity contribution in [3.05, 3.63) is 83.0 Å². The Morgan fingerprint density at radius 2 is 1.06 bits per heavy atom. The second kappa shape index (κ2) is 14.4. The zero-order valence-corrected chi connectivity index (χ0v) is 32.3. The second-order valence-electron chi connectivity index (χ2n) is 18.8. The predicted octanol–water partition coefficient (Wildman–Crippen LogP) is 9.03. The Balaban J connectivity index is 0.775. The zero-order chi connectivity index (χ0) is 36.3. The van der Waals surface area contributed by atoms with E-state index < -0.39 is 11.9 Å². The van der Waals surface area contributed by atoms with Crippen molar-refractivity contribution < 1.29 is 19.1 Å². The summed E-state index contributed by atoms with van der Waals surface area (Å²) < 4.78 is 11.7. The van der Waals surface area contributed by atoms with Gasteiger partial charge in [0, 0.05) is 48.2 Å². The Labute approximate surface area is 322 Å². The first-order chi connectivity index (χ1) is 26.5. The van der Waals surface area contributed by atoms with E-state index in [9.17, 15) is 9.59 Å². The van der Waals surface area contributed by atoms with Crippen LogP contribution in [0.2, 0.25) is 0 Å². The summed E-state index contributed by atoms with van der Waals surface area (Å²) in [6.07, 6.45) is 29.5. The van der Waals surface area contributed by atoms with E-state index in [4.69, 9.17) is 9.47 Å². The number of benzene rings is 2. The lowest BCUT2D eigenvalue weighted by molar-refractivity contribution is -0.130. The molecule has 6 heteroatoms. The predicted molar refractivity (Wildman–Crippen MR) is 212 cm³/mol. The topological polar surface area (TPSA) is 59.1 Å². The van der Waals surface area contributed by atoms with Gasteiger partial charge in [-0.05, 0) is 160 Å². The van der Waals surface area contributed by atoms with E-state index in [2.05, 4.69) is 34.1 Å². The van der Waals surface area contributed by atoms with E-state index >= 15 is 0 Å². The van der Waals surface area contributed by atoms with Gasteiger partial charge in [0.15, 0.2) is 0 Å². The maximum absolute atomic E-state index is 13.0. The number of hydrogen-bond acceptors (Lipinski definition) is 6. The lowest BCUT2D eigenvalue weighted by Crippen LogP contribution is -2.61. The minimum atomic E-state index is -0.428. The summed E-state index contributed by atoms with van der Waals surface area (Å²) in [7, 11) is 0. The van der Waals surface area contributed by atoms with Crippen LogP contribution in [0.5, 0.6) is 11.5 Å². The number of allylic oxidation sites excluding steroid dienone is 2. The van der Waals surface area contributed by atoms with Gasteiger partial charge < -0.3 is 9.47 Å². The van der Waals surface area contributed by atoms with Crippen LogP contribution in [0.4, 0.5) is 0 Å². The number of esters is 2. The quantitative estimate of drug-likeness (QED) is 0.111. The average Bonchev–Trinajstić information content (AvgIpc) is 3.15. The minimum absolute atomic E-state index is 0.221. The SMILES string of the molecule is O=C(/C=C/C=C/C(=O)Oc1ccc2c(c1)[C@@]13CCCC[C@H]1[C@@H](C2)N(CC1CCC1)CC3)Oc1ccc2c(c1)[C@@]13CCCC[C@H]1[C@@H](C2)N(CC1CCC1)CC3. The lowest BCUT2D eigenvalue weighted by atomic mass is 9.52. The molecule has 0 unspecified atom stereocenters. The van der Waals surface area contributed by atoms with Gasteiger partial charge in [0.1, 0.15) is 11.5 Å². The molecule has 6 fully saturated rings. The first-order valence-corrected chi connectivity index (χ1v) is 22.0. The molecule has 6 nitrogen and oxygen atoms in total. The normalized spacial score (nSPS) is 33.6. The van der Waals surface area contributed by atoms with E-state index in [-0.39, 0.29) is 10.8 Å². The summed E-state index contributed by atoms with van der Waals surface area (Å²) in [6.45, 7) is 4.98. The third kappa shape index (κ3) is 6.22. The van der Waals surface area contributed by atoms with Crippen molar-refractivity contribution in [2.24, 2.45) is 23.7 Å². The summed E-state index contributed by atoms with van der Waals surface area (Å²) in [6, 6.07) is 14.1. The van der Waals surface area contributed by atoms with Gasteiger partial charge in [-0.15, -0.1) is 0 Å². The zero-order valence-electron chi connectivity index (χ0n) is 32.3. The molecule has 2 aliphatic heterocycles. The van der Waals surface area contributed by atoms with Crippen LogP contribution in [-0.2, 0) is 33.3 Å². The van der Waals surface area contributed by atoms with E-state index in [1.54, 1.807) is 12.2 Å². The third-order valence-corrected chi connectivity index (χ3v) is 16.3. The Morgan fingerprint density at radius 3 is 1.48 bits per heavy atom. The van der Waals surface area contributed by atoms with Crippen LogP contribution < -0.4 is 9.47 Å². The number of ether oxygens (including phenoxy) is 2. The molecular weight excluding hydrogens is 669 g/mol. The summed E-state index contributed by atoms with van der Waals surface area (Å²) in [5.41, 5.74) is 6.24. The molecule has 2 aromatic rings. The fraction of sp³-hybridized carbons (Fsp3) is 0.625. The molecule has 0 radical (unpaired) electrons. The van der Waals surface area contributed by atoms with Crippen LogP contribution >= 0.6 is 0 Å². The van der Waals surface area contributed by atoms with Gasteiger partial charge in [-0.2, -0.15) is 0 Å². The van der Waals surface area contributed by atoms with Crippen molar-refractivity contribution in [1.82, 2.24) is 9.80 Å². The second-order valence-corrected chi connectivity index (χ2v) is 18.8. The highest BCUT2D eigenvalue weighted by Gasteiger charge is 2.55. The van der Waals surface area contributed by atoms with E-state index in [0.29, 0.717) is 35.4 Å². The molecule has 2 heterocycles. The van der Waals surface area contributed by atoms with Crippen LogP contribution in [0.3, 0.4) is 0 Å². The molecule has 10 rings (SSSR count). The molecule has 2 saturated heterocycles. The summed E-state index contributed by atoms with van der Waals surface area (Å²) in [5, 5.41) is 0. The molecule has 6 atom stereocenters. The van der Waals surface area contributed by atoms with E-state index in [1.807, 2.05) is 12.1 Å². The van der Waals surface area contributed by atoms with Gasteiger partial charge in [0.2, 0.25) is 0 Å². The molecule has 2 aromatic carbocycles. The number of carbonyl (C=O) groups is 2. The summed E-state index contributed by atoms with van der Waals surface area (Å²) in [5.74, 6) is 3.63. The molecule has 286 valence electrons. The molecule has 6 aliphatic carbocycles. The highest BCUT2D eigenvalue weighted by molar-refractivity contribution is 5.86. The van der Waals surface area contributed by atoms with Crippen molar-refractivity contribution in [3.63, 3.8) is 0 Å². The summed E-state index contributed by atoms with van der Waals surface area (Å²) >= 11 is 0. The van der Waals surface area contributed by atoms with Crippen LogP contribution in [0.15, 0.2) is 60.7 Å². The lowest BCUT2D eigenvalue weighted by Gasteiger charge is -2.59. The van der Waals surface area contributed by atoms with Crippen molar-refractivity contribution in [2.45, 2.75) is 138 Å². The summed E-state index contributed by atoms with van der Waals surface area (Å²) in [4.78, 5) is 31.6. The van der Waals surface area contributed by atoms with Crippen LogP contribution in [0.1, 0.15) is 125 Å². The molecule has 0 spiro atoms. The Bertz CT molecular complexity index is 1690. The smallest absolute Gasteiger partial charge is 0.336 e. The molecule has 54 heavy (non-hydrogen) atoms. The Hall–Kier alpha value is -3.22. The standard InChI is InChI=1S/C48H60N2O4/c51-45(53-37-19-17-35-27-43-39-13-3-5-21-47(39,41(35)29-37)23-25-49(43)31-33-9-7-10-33)15-1-2-16-46(52)54-38-20-18-36-28-44-40-14-4-6-22-48(40,42(36)30-38)24-26-50(44)32-34-11-8-12-34/h1-2,15-20,29-30,33-34,39-40,43-44H,3-14,21-28,31-32H2/b15-1+,16-2+/t39-,40-,43+,44+,47+,48+/m0/s1. The molecule has 8 aliphatic rings. The van der Waals surface area contributed by atoms with Gasteiger partial charge in [0.05, 0.1) is 0 Å². The van der Waals surface area contributed by atoms with E-state index in [0.717, 1.165) is 24.7 Å². The number of rotatable bonds is 9. The highest BCUT2D eigenvalue weighted by Crippen LogP contribution is 2.58. The van der Waals surface area contributed by atoms with Gasteiger partial charge >= 0.3 is 11.9 Å². The number of hydrogen-bond donors (Lipinski definition) is 0. The van der Waals surface area contributed by atoms with Crippen LogP contribution in [0.25, 0.3) is 0 Å². The van der Waals surface area contributed by atoms with Crippen molar-refractivity contribution in [3.8, 4) is 11.5 Å². The largest absolute Gasteiger partial charge is 0.423 e. The average molecular weight is 729 g/mol. The van der Waals surface area contributed by atoms with Gasteiger partial charge in [-0.25, -0.2) is 9.59 Å². The van der Waals surface area contributed by atoms with Crippen molar-refractivity contribution in [2.75, 3.05) is 26.2 Å². The minimum Gasteiger partial charge on any atom is -0.423 e. The van der Waals surface area contributed by atoms with Crippen LogP contribution in [0, 0.1) is 23.7 Å². The molecule has 0 amide bonds. The van der Waals surface area contributed by atoms with Gasteiger partial charge in [0.25, 0.3) is 0 Å². The third-order valence-electron chi connectivity index (χ3n) is 16.3. The van der Waals surface area contributed by atoms with E-state index in [1.165, 1.54) is 163 Å². The number of nitrogens with zero attached hydrogens (tertiary/aromatic N) is 2. The van der Waals surface area contributed by atoms with Crippen molar-refractivity contribution >= 4 is 11.9 Å². The fourth-order valence-corrected chi connectivity index (χ4v) is 13.3. The number of likely N-dealkylation sites (tertiary alicyclic amines) is 2. The highest BCUT2D eigenvalue weighted by atomic mass is 16.5.